The van der Waals surface area contributed by atoms with Gasteiger partial charge in [0.25, 0.3) is 0 Å². The van der Waals surface area contributed by atoms with E-state index in [9.17, 15) is 48.3 Å². The van der Waals surface area contributed by atoms with E-state index >= 15 is 0 Å². The third kappa shape index (κ3) is 22.6. The number of aromatic nitrogens is 1. The molecule has 7 atom stereocenters. The second-order valence-electron chi connectivity index (χ2n) is 17.8. The summed E-state index contributed by atoms with van der Waals surface area (Å²) in [7, 11) is 0. The van der Waals surface area contributed by atoms with Crippen LogP contribution < -0.4 is 71.2 Å². The molecule has 0 aliphatic carbocycles. The fourth-order valence-corrected chi connectivity index (χ4v) is 7.69. The fraction of sp³-hybridized carbons (Fsp3) is 0.490. The van der Waals surface area contributed by atoms with Gasteiger partial charge < -0.3 is 81.3 Å². The Kier molecular flexibility index (Phi) is 26.0. The number of carboxylic acid groups (broad SMARTS) is 1. The van der Waals surface area contributed by atoms with Gasteiger partial charge >= 0.3 is 5.97 Å². The number of nitrogens with one attached hydrogen (secondary N) is 9. The topological polar surface area (TPSA) is 441 Å². The second-order valence-corrected chi connectivity index (χ2v) is 17.8. The predicted octanol–water partition coefficient (Wildman–Crippen LogP) is -2.63. The van der Waals surface area contributed by atoms with Crippen LogP contribution in [0.25, 0.3) is 10.9 Å². The number of guanidine groups is 2. The number of carboxylic acids is 1. The van der Waals surface area contributed by atoms with Crippen LogP contribution in [0, 0.1) is 6.92 Å². The van der Waals surface area contributed by atoms with Gasteiger partial charge in [-0.2, -0.15) is 0 Å². The number of aliphatic carboxylic acids is 1. The molecule has 0 radical (unpaired) electrons. The lowest BCUT2D eigenvalue weighted by molar-refractivity contribution is -0.142. The highest BCUT2D eigenvalue weighted by Crippen LogP contribution is 2.16. The van der Waals surface area contributed by atoms with Gasteiger partial charge in [0.1, 0.15) is 42.3 Å². The van der Waals surface area contributed by atoms with E-state index in [1.54, 1.807) is 30.3 Å². The van der Waals surface area contributed by atoms with E-state index in [4.69, 9.17) is 28.7 Å². The van der Waals surface area contributed by atoms with Crippen LogP contribution in [0.15, 0.2) is 70.8 Å². The third-order valence-corrected chi connectivity index (χ3v) is 11.7. The number of carbonyl (C=O) groups excluding carboxylic acids is 8. The highest BCUT2D eigenvalue weighted by atomic mass is 16.4. The number of para-hydroxylation sites is 1. The van der Waals surface area contributed by atoms with E-state index in [0.29, 0.717) is 5.56 Å². The van der Waals surface area contributed by atoms with E-state index in [-0.39, 0.29) is 102 Å². The second kappa shape index (κ2) is 32.0. The Balaban J connectivity index is 0.00000130. The van der Waals surface area contributed by atoms with Crippen molar-refractivity contribution in [1.82, 2.24) is 47.5 Å². The summed E-state index contributed by atoms with van der Waals surface area (Å²) in [5.41, 5.74) is 30.7. The summed E-state index contributed by atoms with van der Waals surface area (Å²) in [6.07, 6.45) is 1.51. The first-order valence-electron chi connectivity index (χ1n) is 24.6. The Morgan fingerprint density at radius 3 is 1.99 bits per heavy atom. The minimum absolute atomic E-state index is 0.0431. The minimum atomic E-state index is -1.47. The van der Waals surface area contributed by atoms with Crippen LogP contribution in [-0.2, 0) is 49.6 Å². The highest BCUT2D eigenvalue weighted by Gasteiger charge is 2.34. The molecular weight excluding hydrogens is 973 g/mol. The molecule has 0 spiro atoms. The molecule has 26 heteroatoms. The monoisotopic (exact) mass is 1050 g/mol. The van der Waals surface area contributed by atoms with Crippen LogP contribution in [0.3, 0.4) is 0 Å². The van der Waals surface area contributed by atoms with Crippen molar-refractivity contribution in [1.29, 1.82) is 0 Å². The van der Waals surface area contributed by atoms with E-state index in [1.165, 1.54) is 30.3 Å². The molecule has 4 rings (SSSR count). The van der Waals surface area contributed by atoms with Gasteiger partial charge in [0, 0.05) is 56.5 Å². The maximum atomic E-state index is 14.1. The summed E-state index contributed by atoms with van der Waals surface area (Å²) in [5, 5.41) is 31.6. The maximum absolute atomic E-state index is 14.1. The van der Waals surface area contributed by atoms with E-state index in [2.05, 4.69) is 82.6 Å². The van der Waals surface area contributed by atoms with Crippen molar-refractivity contribution in [3.05, 3.63) is 71.9 Å². The minimum Gasteiger partial charge on any atom is -0.480 e. The number of hydrogen-bond donors (Lipinski definition) is 15. The van der Waals surface area contributed by atoms with Gasteiger partial charge in [0.2, 0.25) is 47.3 Å². The number of nitrogens with two attached hydrogens (primary N) is 5. The number of benzene rings is 2. The zero-order valence-electron chi connectivity index (χ0n) is 42.6. The lowest BCUT2D eigenvalue weighted by Crippen LogP contribution is -2.60. The van der Waals surface area contributed by atoms with Crippen LogP contribution in [0.4, 0.5) is 0 Å². The van der Waals surface area contributed by atoms with Gasteiger partial charge in [-0.05, 0) is 89.0 Å². The number of hydrogen-bond acceptors (Lipinski definition) is 12. The van der Waals surface area contributed by atoms with Crippen LogP contribution in [-0.4, -0.2) is 144 Å². The molecule has 0 saturated carbocycles. The Bertz CT molecular complexity index is 2460. The van der Waals surface area contributed by atoms with Gasteiger partial charge in [-0.1, -0.05) is 48.5 Å². The van der Waals surface area contributed by atoms with Crippen LogP contribution in [0.5, 0.6) is 0 Å². The third-order valence-electron chi connectivity index (χ3n) is 11.7. The number of aryl methyl sites for hydroxylation is 1. The standard InChI is InChI=1S/C40H65N15O10.C9H9N/c1-22-32(58)54-29(38(64)65)13-8-18-46-31(57)15-14-27(52-34(60)25(50-23(2)56)11-6-19-47-39(42)43)35(61)53-28(16-17-41)36(62)55-30(21-24-9-4-3-5-10-24)37(63)51-26(33(59)49-22)12-7-20-48-40(44)45;1-7-6-10-9-5-3-2-4-8(7)9/h3-5,9-10,22,25-30H,6-8,11-21,41H2,1-2H3,(H,46,57)(H,49,59)(H,50,56)(H,51,63)(H,52,60)(H,53,61)(H,54,58)(H,55,62)(H,64,65)(H4,42,43,47)(H4,44,45,48);2-6,10H,1H3/t22-,25?,26-,27?,28-,29?,30?;/m0./s1. The summed E-state index contributed by atoms with van der Waals surface area (Å²) >= 11 is 0. The first kappa shape index (κ1) is 61.0. The summed E-state index contributed by atoms with van der Waals surface area (Å²) in [5.74, 6) is -7.96. The molecule has 75 heavy (non-hydrogen) atoms. The summed E-state index contributed by atoms with van der Waals surface area (Å²) in [6.45, 7) is 4.65. The highest BCUT2D eigenvalue weighted by molar-refractivity contribution is 5.97. The zero-order chi connectivity index (χ0) is 55.5. The number of carbonyl (C=O) groups is 9. The van der Waals surface area contributed by atoms with Gasteiger partial charge in [-0.3, -0.25) is 48.3 Å². The van der Waals surface area contributed by atoms with Gasteiger partial charge in [-0.25, -0.2) is 4.79 Å². The Morgan fingerprint density at radius 2 is 1.35 bits per heavy atom. The molecule has 1 aliphatic heterocycles. The molecule has 2 aromatic carbocycles. The first-order valence-corrected chi connectivity index (χ1v) is 24.6. The molecular formula is C49H74N16O10. The Hall–Kier alpha value is -8.29. The van der Waals surface area contributed by atoms with Gasteiger partial charge in [0.15, 0.2) is 11.9 Å². The lowest BCUT2D eigenvalue weighted by atomic mass is 10.0. The molecule has 2 heterocycles. The average molecular weight is 1050 g/mol. The summed E-state index contributed by atoms with van der Waals surface area (Å²) < 4.78 is 0. The van der Waals surface area contributed by atoms with Gasteiger partial charge in [0.05, 0.1) is 0 Å². The fourth-order valence-electron chi connectivity index (χ4n) is 7.69. The molecule has 1 saturated heterocycles. The van der Waals surface area contributed by atoms with Crippen molar-refractivity contribution < 1.29 is 48.3 Å². The molecule has 1 aliphatic rings. The quantitative estimate of drug-likeness (QED) is 0.0397. The van der Waals surface area contributed by atoms with Crippen molar-refractivity contribution in [3.63, 3.8) is 0 Å². The zero-order valence-corrected chi connectivity index (χ0v) is 42.6. The summed E-state index contributed by atoms with van der Waals surface area (Å²) in [6, 6.07) is 7.46. The molecule has 0 bridgehead atoms. The molecule has 20 N–H and O–H groups in total. The van der Waals surface area contributed by atoms with E-state index in [0.717, 1.165) is 0 Å². The number of rotatable bonds is 16. The number of H-pyrrole nitrogens is 1. The average Bonchev–Trinajstić information content (AvgIpc) is 3.74. The lowest BCUT2D eigenvalue weighted by Gasteiger charge is -2.27. The van der Waals surface area contributed by atoms with Crippen LogP contribution in [0.1, 0.15) is 82.8 Å². The van der Waals surface area contributed by atoms with Crippen LogP contribution >= 0.6 is 0 Å². The van der Waals surface area contributed by atoms with Crippen molar-refractivity contribution in [2.24, 2.45) is 38.7 Å². The number of fused-ring (bicyclic) bond motifs is 1. The molecule has 26 nitrogen and oxygen atoms in total. The maximum Gasteiger partial charge on any atom is 0.326 e. The first-order chi connectivity index (χ1) is 35.7. The largest absolute Gasteiger partial charge is 0.480 e. The van der Waals surface area contributed by atoms with Crippen molar-refractivity contribution >= 4 is 76.0 Å². The van der Waals surface area contributed by atoms with Crippen molar-refractivity contribution in [2.75, 3.05) is 26.2 Å². The van der Waals surface area contributed by atoms with E-state index < -0.39 is 95.5 Å². The van der Waals surface area contributed by atoms with E-state index in [1.807, 2.05) is 12.3 Å². The van der Waals surface area contributed by atoms with Gasteiger partial charge in [-0.15, -0.1) is 0 Å². The molecule has 3 aromatic rings. The predicted molar refractivity (Wildman–Crippen MR) is 281 cm³/mol. The van der Waals surface area contributed by atoms with Crippen molar-refractivity contribution in [3.8, 4) is 0 Å². The number of amides is 8. The SMILES string of the molecule is CC(=O)NC(CCCN=C(N)N)C(=O)NC1CCC(=O)NCCCC(C(=O)O)NC(=O)[C@H](C)NC(=O)[C@H](CCCN=C(N)N)NC(=O)C(Cc2ccccc2)NC(=O)[C@H](CCN)NC1=O.Cc1c[nH]c2ccccc12. The number of aliphatic imine (C=N–C) groups is 2. The number of aromatic amines is 1. The smallest absolute Gasteiger partial charge is 0.326 e. The molecule has 1 fully saturated rings. The Morgan fingerprint density at radius 1 is 0.747 bits per heavy atom. The number of nitrogens with zero attached hydrogens (tertiary/aromatic N) is 2. The Labute approximate surface area is 434 Å². The molecule has 1 aromatic heterocycles. The summed E-state index contributed by atoms with van der Waals surface area (Å²) in [4.78, 5) is 131. The van der Waals surface area contributed by atoms with Crippen LogP contribution in [0.2, 0.25) is 0 Å². The molecule has 4 unspecified atom stereocenters. The van der Waals surface area contributed by atoms with Crippen molar-refractivity contribution in [2.45, 2.75) is 127 Å². The molecule has 8 amide bonds. The molecule has 410 valence electrons. The normalized spacial score (nSPS) is 20.9.